The van der Waals surface area contributed by atoms with Crippen LogP contribution in [-0.2, 0) is 4.74 Å². The first-order valence-corrected chi connectivity index (χ1v) is 6.21. The van der Waals surface area contributed by atoms with Gasteiger partial charge in [-0.2, -0.15) is 0 Å². The standard InChI is InChI=1S/C12H17ClFN3O/c1-17-4-5-18-11(7-17)12(16-15)9-3-2-8(13)6-10(9)14/h2-3,6,11-12,16H,4-5,7,15H2,1H3. The third-order valence-corrected chi connectivity index (χ3v) is 3.38. The number of benzene rings is 1. The monoisotopic (exact) mass is 273 g/mol. The second-order valence-electron chi connectivity index (χ2n) is 4.48. The molecule has 4 nitrogen and oxygen atoms in total. The second-order valence-corrected chi connectivity index (χ2v) is 4.92. The van der Waals surface area contributed by atoms with Gasteiger partial charge in [0, 0.05) is 23.7 Å². The maximum absolute atomic E-state index is 13.9. The normalized spacial score (nSPS) is 23.0. The fourth-order valence-electron chi connectivity index (χ4n) is 2.16. The highest BCUT2D eigenvalue weighted by atomic mass is 35.5. The number of hydrazine groups is 1. The molecule has 0 spiro atoms. The summed E-state index contributed by atoms with van der Waals surface area (Å²) in [6.07, 6.45) is -0.176. The summed E-state index contributed by atoms with van der Waals surface area (Å²) in [5, 5.41) is 0.369. The molecule has 100 valence electrons. The van der Waals surface area contributed by atoms with E-state index >= 15 is 0 Å². The largest absolute Gasteiger partial charge is 0.374 e. The van der Waals surface area contributed by atoms with Gasteiger partial charge in [0.15, 0.2) is 0 Å². The van der Waals surface area contributed by atoms with Crippen molar-refractivity contribution in [1.29, 1.82) is 0 Å². The molecule has 0 bridgehead atoms. The van der Waals surface area contributed by atoms with Crippen LogP contribution in [0.4, 0.5) is 4.39 Å². The van der Waals surface area contributed by atoms with Crippen LogP contribution in [0.25, 0.3) is 0 Å². The molecule has 1 aliphatic rings. The van der Waals surface area contributed by atoms with Gasteiger partial charge in [0.05, 0.1) is 18.8 Å². The maximum Gasteiger partial charge on any atom is 0.129 e. The number of nitrogens with one attached hydrogen (secondary N) is 1. The fourth-order valence-corrected chi connectivity index (χ4v) is 2.32. The van der Waals surface area contributed by atoms with Crippen LogP contribution in [0.5, 0.6) is 0 Å². The van der Waals surface area contributed by atoms with Gasteiger partial charge >= 0.3 is 0 Å². The van der Waals surface area contributed by atoms with E-state index in [2.05, 4.69) is 10.3 Å². The summed E-state index contributed by atoms with van der Waals surface area (Å²) in [6, 6.07) is 4.19. The Labute approximate surface area is 111 Å². The number of hydrogen-bond acceptors (Lipinski definition) is 4. The quantitative estimate of drug-likeness (QED) is 0.644. The number of halogens is 2. The van der Waals surface area contributed by atoms with Crippen LogP contribution in [-0.4, -0.2) is 37.7 Å². The van der Waals surface area contributed by atoms with Crippen LogP contribution >= 0.6 is 11.6 Å². The Morgan fingerprint density at radius 3 is 3.00 bits per heavy atom. The van der Waals surface area contributed by atoms with Crippen molar-refractivity contribution < 1.29 is 9.13 Å². The van der Waals surface area contributed by atoms with Gasteiger partial charge in [0.2, 0.25) is 0 Å². The van der Waals surface area contributed by atoms with E-state index in [1.54, 1.807) is 12.1 Å². The molecule has 18 heavy (non-hydrogen) atoms. The minimum absolute atomic E-state index is 0.176. The van der Waals surface area contributed by atoms with Crippen molar-refractivity contribution in [3.05, 3.63) is 34.6 Å². The molecular weight excluding hydrogens is 257 g/mol. The lowest BCUT2D eigenvalue weighted by Gasteiger charge is -2.35. The van der Waals surface area contributed by atoms with Crippen LogP contribution in [0, 0.1) is 5.82 Å². The second kappa shape index (κ2) is 5.95. The molecule has 0 radical (unpaired) electrons. The highest BCUT2D eigenvalue weighted by molar-refractivity contribution is 6.30. The molecular formula is C12H17ClFN3O. The van der Waals surface area contributed by atoms with Gasteiger partial charge in [-0.1, -0.05) is 17.7 Å². The van der Waals surface area contributed by atoms with Crippen LogP contribution < -0.4 is 11.3 Å². The Balaban J connectivity index is 2.21. The molecule has 1 aromatic carbocycles. The van der Waals surface area contributed by atoms with Crippen LogP contribution in [0.2, 0.25) is 5.02 Å². The van der Waals surface area contributed by atoms with Gasteiger partial charge in [-0.05, 0) is 19.2 Å². The molecule has 0 aliphatic carbocycles. The predicted octanol–water partition coefficient (Wildman–Crippen LogP) is 1.31. The fraction of sp³-hybridized carbons (Fsp3) is 0.500. The molecule has 2 rings (SSSR count). The Kier molecular flexibility index (Phi) is 4.53. The number of nitrogens with zero attached hydrogens (tertiary/aromatic N) is 1. The highest BCUT2D eigenvalue weighted by Crippen LogP contribution is 2.25. The van der Waals surface area contributed by atoms with E-state index in [4.69, 9.17) is 22.2 Å². The van der Waals surface area contributed by atoms with E-state index < -0.39 is 0 Å². The van der Waals surface area contributed by atoms with Gasteiger partial charge in [-0.15, -0.1) is 0 Å². The molecule has 1 aliphatic heterocycles. The molecule has 2 atom stereocenters. The van der Waals surface area contributed by atoms with Gasteiger partial charge in [0.25, 0.3) is 0 Å². The lowest BCUT2D eigenvalue weighted by Crippen LogP contribution is -2.48. The molecule has 0 saturated carbocycles. The number of likely N-dealkylation sites (N-methyl/N-ethyl adjacent to an activating group) is 1. The Morgan fingerprint density at radius 1 is 1.61 bits per heavy atom. The molecule has 1 heterocycles. The summed E-state index contributed by atoms with van der Waals surface area (Å²) in [6.45, 7) is 2.20. The summed E-state index contributed by atoms with van der Waals surface area (Å²) < 4.78 is 19.5. The minimum atomic E-state index is -0.384. The SMILES string of the molecule is CN1CCOC(C(NN)c2ccc(Cl)cc2F)C1. The molecule has 1 fully saturated rings. The van der Waals surface area contributed by atoms with Gasteiger partial charge < -0.3 is 9.64 Å². The van der Waals surface area contributed by atoms with E-state index in [0.29, 0.717) is 23.7 Å². The molecule has 1 aromatic rings. The third-order valence-electron chi connectivity index (χ3n) is 3.15. The minimum Gasteiger partial charge on any atom is -0.374 e. The summed E-state index contributed by atoms with van der Waals surface area (Å²) in [4.78, 5) is 2.13. The number of rotatable bonds is 3. The predicted molar refractivity (Wildman–Crippen MR) is 68.7 cm³/mol. The van der Waals surface area contributed by atoms with Gasteiger partial charge in [-0.25, -0.2) is 4.39 Å². The van der Waals surface area contributed by atoms with Crippen LogP contribution in [0.3, 0.4) is 0 Å². The summed E-state index contributed by atoms with van der Waals surface area (Å²) in [5.74, 6) is 5.17. The zero-order valence-electron chi connectivity index (χ0n) is 10.2. The summed E-state index contributed by atoms with van der Waals surface area (Å²) in [5.41, 5.74) is 3.11. The van der Waals surface area contributed by atoms with Crippen molar-refractivity contribution in [2.75, 3.05) is 26.7 Å². The number of ether oxygens (including phenoxy) is 1. The van der Waals surface area contributed by atoms with E-state index in [1.165, 1.54) is 6.07 Å². The van der Waals surface area contributed by atoms with E-state index in [1.807, 2.05) is 7.05 Å². The molecule has 3 N–H and O–H groups in total. The first-order chi connectivity index (χ1) is 8.61. The Bertz CT molecular complexity index is 418. The van der Waals surface area contributed by atoms with Gasteiger partial charge in [0.1, 0.15) is 5.82 Å². The van der Waals surface area contributed by atoms with Crippen molar-refractivity contribution in [2.24, 2.45) is 5.84 Å². The van der Waals surface area contributed by atoms with Crippen molar-refractivity contribution >= 4 is 11.6 Å². The van der Waals surface area contributed by atoms with Crippen LogP contribution in [0.1, 0.15) is 11.6 Å². The van der Waals surface area contributed by atoms with Crippen molar-refractivity contribution in [2.45, 2.75) is 12.1 Å². The lowest BCUT2D eigenvalue weighted by molar-refractivity contribution is -0.0398. The van der Waals surface area contributed by atoms with Crippen molar-refractivity contribution in [1.82, 2.24) is 10.3 Å². The lowest BCUT2D eigenvalue weighted by atomic mass is 10.00. The first kappa shape index (κ1) is 13.7. The molecule has 0 aromatic heterocycles. The third kappa shape index (κ3) is 2.99. The number of hydrogen-bond donors (Lipinski definition) is 2. The zero-order chi connectivity index (χ0) is 13.1. The smallest absolute Gasteiger partial charge is 0.129 e. The Hall–Kier alpha value is -0.720. The van der Waals surface area contributed by atoms with Crippen LogP contribution in [0.15, 0.2) is 18.2 Å². The van der Waals surface area contributed by atoms with E-state index in [-0.39, 0.29) is 18.0 Å². The highest BCUT2D eigenvalue weighted by Gasteiger charge is 2.29. The summed E-state index contributed by atoms with van der Waals surface area (Å²) >= 11 is 5.74. The number of nitrogens with two attached hydrogens (primary N) is 1. The van der Waals surface area contributed by atoms with Crippen molar-refractivity contribution in [3.8, 4) is 0 Å². The number of morpholine rings is 1. The topological polar surface area (TPSA) is 50.5 Å². The Morgan fingerprint density at radius 2 is 2.39 bits per heavy atom. The molecule has 0 amide bonds. The molecule has 2 unspecified atom stereocenters. The zero-order valence-corrected chi connectivity index (χ0v) is 11.0. The average molecular weight is 274 g/mol. The summed E-state index contributed by atoms with van der Waals surface area (Å²) in [7, 11) is 2.00. The van der Waals surface area contributed by atoms with Gasteiger partial charge in [-0.3, -0.25) is 11.3 Å². The maximum atomic E-state index is 13.9. The van der Waals surface area contributed by atoms with Crippen molar-refractivity contribution in [3.63, 3.8) is 0 Å². The molecule has 1 saturated heterocycles. The molecule has 6 heteroatoms. The van der Waals surface area contributed by atoms with E-state index in [0.717, 1.165) is 6.54 Å². The van der Waals surface area contributed by atoms with E-state index in [9.17, 15) is 4.39 Å². The average Bonchev–Trinajstić information content (AvgIpc) is 2.33. The first-order valence-electron chi connectivity index (χ1n) is 5.83.